The van der Waals surface area contributed by atoms with Crippen molar-refractivity contribution in [3.8, 4) is 5.75 Å². The highest BCUT2D eigenvalue weighted by atomic mass is 16.5. The molecule has 1 aliphatic heterocycles. The molecule has 0 aromatic heterocycles. The summed E-state index contributed by atoms with van der Waals surface area (Å²) in [6.45, 7) is 0. The fourth-order valence-electron chi connectivity index (χ4n) is 6.43. The van der Waals surface area contributed by atoms with E-state index in [2.05, 4.69) is 5.32 Å². The lowest BCUT2D eigenvalue weighted by atomic mass is 9.68. The van der Waals surface area contributed by atoms with Gasteiger partial charge in [0.1, 0.15) is 5.75 Å². The van der Waals surface area contributed by atoms with Gasteiger partial charge in [-0.2, -0.15) is 0 Å². The molecule has 33 heavy (non-hydrogen) atoms. The lowest BCUT2D eigenvalue weighted by Gasteiger charge is -2.43. The highest BCUT2D eigenvalue weighted by molar-refractivity contribution is 5.91. The summed E-state index contributed by atoms with van der Waals surface area (Å²) in [5.41, 5.74) is 4.26. The Hall–Kier alpha value is -3.60. The van der Waals surface area contributed by atoms with Gasteiger partial charge in [-0.1, -0.05) is 30.3 Å². The first-order valence-electron chi connectivity index (χ1n) is 11.6. The van der Waals surface area contributed by atoms with Crippen LogP contribution in [0.25, 0.3) is 0 Å². The number of carboxylic acids is 1. The molecule has 0 radical (unpaired) electrons. The first-order valence-corrected chi connectivity index (χ1v) is 11.6. The van der Waals surface area contributed by atoms with Gasteiger partial charge >= 0.3 is 11.9 Å². The van der Waals surface area contributed by atoms with Gasteiger partial charge < -0.3 is 15.2 Å². The number of aromatic carboxylic acids is 1. The van der Waals surface area contributed by atoms with Crippen molar-refractivity contribution in [2.75, 3.05) is 5.32 Å². The second kappa shape index (κ2) is 7.77. The molecule has 2 bridgehead atoms. The van der Waals surface area contributed by atoms with Gasteiger partial charge in [-0.15, -0.1) is 0 Å². The average Bonchev–Trinajstić information content (AvgIpc) is 3.47. The van der Waals surface area contributed by atoms with Crippen molar-refractivity contribution in [2.24, 2.45) is 17.8 Å². The summed E-state index contributed by atoms with van der Waals surface area (Å²) in [5.74, 6) is 1.39. The Labute approximate surface area is 192 Å². The zero-order valence-electron chi connectivity index (χ0n) is 18.1. The van der Waals surface area contributed by atoms with Crippen LogP contribution in [-0.4, -0.2) is 17.0 Å². The average molecular weight is 440 g/mol. The Balaban J connectivity index is 1.29. The standard InChI is InChI=1S/C28H25NO4/c30-27(31)20-10-13-23-22(15-20)24-18-6-7-19(14-18)25(24)26(29-23)16-8-11-21(12-9-16)33-28(32)17-4-2-1-3-5-17/h1-5,8-13,15,18-19,24-26,29H,6-7,14H2,(H,30,31)/t18-,19-,24-,25-,26+/m0/s1. The summed E-state index contributed by atoms with van der Waals surface area (Å²) in [7, 11) is 0. The monoisotopic (exact) mass is 439 g/mol. The lowest BCUT2D eigenvalue weighted by Crippen LogP contribution is -2.35. The number of hydrogen-bond acceptors (Lipinski definition) is 4. The van der Waals surface area contributed by atoms with E-state index >= 15 is 0 Å². The van der Waals surface area contributed by atoms with E-state index in [1.54, 1.807) is 18.2 Å². The fraction of sp³-hybridized carbons (Fsp3) is 0.286. The van der Waals surface area contributed by atoms with Crippen LogP contribution < -0.4 is 10.1 Å². The van der Waals surface area contributed by atoms with Crippen molar-refractivity contribution in [1.29, 1.82) is 0 Å². The van der Waals surface area contributed by atoms with E-state index in [9.17, 15) is 14.7 Å². The van der Waals surface area contributed by atoms with E-state index in [1.807, 2.05) is 54.6 Å². The number of nitrogens with one attached hydrogen (secondary N) is 1. The zero-order chi connectivity index (χ0) is 22.5. The van der Waals surface area contributed by atoms with E-state index in [0.717, 1.165) is 11.3 Å². The Morgan fingerprint density at radius 2 is 1.64 bits per heavy atom. The fourth-order valence-corrected chi connectivity index (χ4v) is 6.43. The van der Waals surface area contributed by atoms with E-state index in [4.69, 9.17) is 4.74 Å². The van der Waals surface area contributed by atoms with Crippen molar-refractivity contribution >= 4 is 17.6 Å². The van der Waals surface area contributed by atoms with Crippen LogP contribution >= 0.6 is 0 Å². The molecule has 0 spiro atoms. The minimum Gasteiger partial charge on any atom is -0.478 e. The van der Waals surface area contributed by atoms with Crippen molar-refractivity contribution in [2.45, 2.75) is 31.2 Å². The number of rotatable bonds is 4. The molecule has 3 aliphatic rings. The van der Waals surface area contributed by atoms with Crippen molar-refractivity contribution < 1.29 is 19.4 Å². The number of benzene rings is 3. The predicted octanol–water partition coefficient (Wildman–Crippen LogP) is 5.90. The van der Waals surface area contributed by atoms with Crippen LogP contribution in [-0.2, 0) is 0 Å². The van der Waals surface area contributed by atoms with E-state index in [-0.39, 0.29) is 12.0 Å². The Morgan fingerprint density at radius 1 is 0.879 bits per heavy atom. The molecule has 166 valence electrons. The van der Waals surface area contributed by atoms with Gasteiger partial charge in [0.15, 0.2) is 0 Å². The van der Waals surface area contributed by atoms with Crippen molar-refractivity contribution in [3.05, 3.63) is 95.1 Å². The normalized spacial score (nSPS) is 26.7. The number of carbonyl (C=O) groups excluding carboxylic acids is 1. The predicted molar refractivity (Wildman–Crippen MR) is 125 cm³/mol. The molecule has 5 atom stereocenters. The molecule has 2 fully saturated rings. The molecule has 5 nitrogen and oxygen atoms in total. The molecular weight excluding hydrogens is 414 g/mol. The Kier molecular flexibility index (Phi) is 4.72. The first kappa shape index (κ1) is 20.0. The lowest BCUT2D eigenvalue weighted by molar-refractivity contribution is 0.0694. The maximum absolute atomic E-state index is 12.4. The van der Waals surface area contributed by atoms with Crippen LogP contribution in [0.5, 0.6) is 5.75 Å². The van der Waals surface area contributed by atoms with Crippen LogP contribution in [0.1, 0.15) is 63.1 Å². The maximum Gasteiger partial charge on any atom is 0.343 e. The van der Waals surface area contributed by atoms with Gasteiger partial charge in [-0.3, -0.25) is 0 Å². The van der Waals surface area contributed by atoms with Gasteiger partial charge in [-0.05, 0) is 96.5 Å². The Bertz CT molecular complexity index is 1220. The van der Waals surface area contributed by atoms with Gasteiger partial charge in [0, 0.05) is 5.69 Å². The number of ether oxygens (including phenoxy) is 1. The van der Waals surface area contributed by atoms with Crippen LogP contribution in [0, 0.1) is 17.8 Å². The van der Waals surface area contributed by atoms with Crippen molar-refractivity contribution in [1.82, 2.24) is 0 Å². The number of anilines is 1. The van der Waals surface area contributed by atoms with Crippen LogP contribution in [0.2, 0.25) is 0 Å². The van der Waals surface area contributed by atoms with Gasteiger partial charge in [0.05, 0.1) is 17.2 Å². The largest absolute Gasteiger partial charge is 0.478 e. The second-order valence-electron chi connectivity index (χ2n) is 9.49. The summed E-state index contributed by atoms with van der Waals surface area (Å²) in [6.07, 6.45) is 3.69. The molecule has 0 saturated heterocycles. The quantitative estimate of drug-likeness (QED) is 0.391. The van der Waals surface area contributed by atoms with Gasteiger partial charge in [0.2, 0.25) is 0 Å². The van der Waals surface area contributed by atoms with E-state index in [0.29, 0.717) is 40.5 Å². The SMILES string of the molecule is O=C(O)c1ccc2c(c1)[C@@H]1[C@H]3CC[C@@H](C3)[C@@H]1[C@@H](c1ccc(OC(=O)c3ccccc3)cc1)N2. The highest BCUT2D eigenvalue weighted by Gasteiger charge is 2.53. The molecule has 1 heterocycles. The van der Waals surface area contributed by atoms with Crippen LogP contribution in [0.15, 0.2) is 72.8 Å². The molecule has 2 aliphatic carbocycles. The number of esters is 1. The Morgan fingerprint density at radius 3 is 2.39 bits per heavy atom. The van der Waals surface area contributed by atoms with Gasteiger partial charge in [0.25, 0.3) is 0 Å². The van der Waals surface area contributed by atoms with Crippen LogP contribution in [0.3, 0.4) is 0 Å². The van der Waals surface area contributed by atoms with Crippen LogP contribution in [0.4, 0.5) is 5.69 Å². The minimum atomic E-state index is -0.875. The summed E-state index contributed by atoms with van der Waals surface area (Å²) in [4.78, 5) is 23.9. The molecule has 2 saturated carbocycles. The minimum absolute atomic E-state index is 0.160. The molecule has 3 aromatic rings. The summed E-state index contributed by atoms with van der Waals surface area (Å²) >= 11 is 0. The third-order valence-corrected chi connectivity index (χ3v) is 7.79. The number of carboxylic acid groups (broad SMARTS) is 1. The smallest absolute Gasteiger partial charge is 0.343 e. The number of carbonyl (C=O) groups is 2. The number of hydrogen-bond donors (Lipinski definition) is 2. The molecular formula is C28H25NO4. The second-order valence-corrected chi connectivity index (χ2v) is 9.49. The molecule has 3 aromatic carbocycles. The molecule has 0 amide bonds. The van der Waals surface area contributed by atoms with Crippen molar-refractivity contribution in [3.63, 3.8) is 0 Å². The van der Waals surface area contributed by atoms with E-state index < -0.39 is 5.97 Å². The third kappa shape index (κ3) is 3.39. The highest BCUT2D eigenvalue weighted by Crippen LogP contribution is 2.63. The summed E-state index contributed by atoms with van der Waals surface area (Å²) < 4.78 is 5.56. The molecule has 0 unspecified atom stereocenters. The summed E-state index contributed by atoms with van der Waals surface area (Å²) in [5, 5.41) is 13.2. The molecule has 5 heteroatoms. The zero-order valence-corrected chi connectivity index (χ0v) is 18.1. The third-order valence-electron chi connectivity index (χ3n) is 7.79. The van der Waals surface area contributed by atoms with E-state index in [1.165, 1.54) is 24.8 Å². The van der Waals surface area contributed by atoms with Gasteiger partial charge in [-0.25, -0.2) is 9.59 Å². The topological polar surface area (TPSA) is 75.6 Å². The molecule has 6 rings (SSSR count). The summed E-state index contributed by atoms with van der Waals surface area (Å²) in [6, 6.07) is 22.5. The first-order chi connectivity index (χ1) is 16.1. The molecule has 2 N–H and O–H groups in total. The number of fused-ring (bicyclic) bond motifs is 7. The maximum atomic E-state index is 12.4.